The van der Waals surface area contributed by atoms with Crippen molar-refractivity contribution in [1.82, 2.24) is 14.8 Å². The lowest BCUT2D eigenvalue weighted by Crippen LogP contribution is -2.30. The third-order valence-electron chi connectivity index (χ3n) is 5.54. The van der Waals surface area contributed by atoms with Gasteiger partial charge in [0.15, 0.2) is 0 Å². The zero-order chi connectivity index (χ0) is 24.5. The first-order valence-corrected chi connectivity index (χ1v) is 13.9. The first-order valence-electron chi connectivity index (χ1n) is 12.2. The van der Waals surface area contributed by atoms with E-state index in [1.807, 2.05) is 25.1 Å². The van der Waals surface area contributed by atoms with Crippen LogP contribution in [0.5, 0.6) is 5.75 Å². The number of thioether (sulfide) groups is 1. The van der Waals surface area contributed by atoms with E-state index in [2.05, 4.69) is 42.0 Å². The number of aromatic nitrogens is 3. The highest BCUT2D eigenvalue weighted by atomic mass is 79.9. The van der Waals surface area contributed by atoms with Gasteiger partial charge in [0.2, 0.25) is 11.1 Å². The summed E-state index contributed by atoms with van der Waals surface area (Å²) in [5, 5.41) is 8.78. The molecular weight excluding hydrogens is 516 g/mol. The highest BCUT2D eigenvalue weighted by molar-refractivity contribution is 9.10. The van der Waals surface area contributed by atoms with Gasteiger partial charge in [0, 0.05) is 21.5 Å². The van der Waals surface area contributed by atoms with E-state index in [1.54, 1.807) is 16.4 Å². The minimum atomic E-state index is -0.507. The normalized spacial score (nSPS) is 15.1. The number of esters is 1. The van der Waals surface area contributed by atoms with Crippen molar-refractivity contribution in [3.8, 4) is 5.75 Å². The molecule has 1 aliphatic heterocycles. The Morgan fingerprint density at radius 3 is 2.62 bits per heavy atom. The summed E-state index contributed by atoms with van der Waals surface area (Å²) in [6, 6.07) is 5.39. The molecule has 1 aliphatic rings. The highest BCUT2D eigenvalue weighted by Gasteiger charge is 2.37. The molecule has 0 amide bonds. The first kappa shape index (κ1) is 26.6. The molecule has 186 valence electrons. The van der Waals surface area contributed by atoms with Gasteiger partial charge in [-0.1, -0.05) is 67.7 Å². The maximum atomic E-state index is 13.3. The van der Waals surface area contributed by atoms with Gasteiger partial charge in [-0.05, 0) is 44.4 Å². The van der Waals surface area contributed by atoms with Crippen molar-refractivity contribution in [2.75, 3.05) is 24.3 Å². The summed E-state index contributed by atoms with van der Waals surface area (Å²) in [6.07, 6.45) is 5.99. The van der Waals surface area contributed by atoms with E-state index in [1.165, 1.54) is 0 Å². The smallest absolute Gasteiger partial charge is 0.338 e. The van der Waals surface area contributed by atoms with E-state index < -0.39 is 6.04 Å². The van der Waals surface area contributed by atoms with Crippen LogP contribution in [0.1, 0.15) is 77.8 Å². The van der Waals surface area contributed by atoms with Crippen LogP contribution < -0.4 is 10.1 Å². The topological polar surface area (TPSA) is 78.3 Å². The van der Waals surface area contributed by atoms with Gasteiger partial charge in [0.1, 0.15) is 11.8 Å². The zero-order valence-corrected chi connectivity index (χ0v) is 22.9. The van der Waals surface area contributed by atoms with Gasteiger partial charge in [0.05, 0.1) is 18.8 Å². The van der Waals surface area contributed by atoms with Crippen molar-refractivity contribution in [1.29, 1.82) is 0 Å². The molecule has 7 nitrogen and oxygen atoms in total. The lowest BCUT2D eigenvalue weighted by Gasteiger charge is -2.29. The number of carbonyl (C=O) groups is 1. The molecule has 1 unspecified atom stereocenters. The number of rotatable bonds is 13. The van der Waals surface area contributed by atoms with Crippen molar-refractivity contribution in [3.63, 3.8) is 0 Å². The average molecular weight is 552 g/mol. The van der Waals surface area contributed by atoms with E-state index in [4.69, 9.17) is 19.6 Å². The fourth-order valence-corrected chi connectivity index (χ4v) is 4.92. The predicted molar refractivity (Wildman–Crippen MR) is 141 cm³/mol. The molecule has 1 atom stereocenters. The van der Waals surface area contributed by atoms with Crippen molar-refractivity contribution in [3.05, 3.63) is 39.5 Å². The zero-order valence-electron chi connectivity index (χ0n) is 20.5. The Kier molecular flexibility index (Phi) is 10.3. The third-order valence-corrected chi connectivity index (χ3v) is 6.95. The second kappa shape index (κ2) is 13.2. The van der Waals surface area contributed by atoms with Gasteiger partial charge in [-0.3, -0.25) is 0 Å². The van der Waals surface area contributed by atoms with E-state index in [0.29, 0.717) is 29.9 Å². The maximum absolute atomic E-state index is 13.3. The van der Waals surface area contributed by atoms with Crippen LogP contribution in [0.3, 0.4) is 0 Å². The lowest BCUT2D eigenvalue weighted by atomic mass is 9.95. The van der Waals surface area contributed by atoms with Gasteiger partial charge >= 0.3 is 5.97 Å². The van der Waals surface area contributed by atoms with Crippen LogP contribution in [-0.2, 0) is 9.53 Å². The highest BCUT2D eigenvalue weighted by Crippen LogP contribution is 2.41. The third kappa shape index (κ3) is 6.56. The summed E-state index contributed by atoms with van der Waals surface area (Å²) in [6.45, 7) is 9.26. The number of carbonyl (C=O) groups excluding carboxylic acids is 1. The van der Waals surface area contributed by atoms with Crippen LogP contribution in [0.4, 0.5) is 5.95 Å². The van der Waals surface area contributed by atoms with Crippen LogP contribution >= 0.6 is 27.7 Å². The standard InChI is InChI=1S/C25H35BrN4O3S/c1-5-8-13-32-20-12-11-18(26)16-19(20)22-21(23(31)33-14-9-6-2)17(4)27-24-28-25(29-30(22)24)34-15-10-7-3/h11-12,16,22H,5-10,13-15H2,1-4H3,(H,27,28,29). The molecule has 0 aliphatic carbocycles. The number of nitrogens with zero attached hydrogens (tertiary/aromatic N) is 3. The Morgan fingerprint density at radius 2 is 1.88 bits per heavy atom. The van der Waals surface area contributed by atoms with Gasteiger partial charge in [-0.15, -0.1) is 5.10 Å². The van der Waals surface area contributed by atoms with E-state index >= 15 is 0 Å². The van der Waals surface area contributed by atoms with Gasteiger partial charge in [0.25, 0.3) is 0 Å². The predicted octanol–water partition coefficient (Wildman–Crippen LogP) is 6.74. The number of anilines is 1. The average Bonchev–Trinajstić information content (AvgIpc) is 3.21. The quantitative estimate of drug-likeness (QED) is 0.168. The summed E-state index contributed by atoms with van der Waals surface area (Å²) in [4.78, 5) is 18.0. The second-order valence-corrected chi connectivity index (χ2v) is 10.3. The van der Waals surface area contributed by atoms with Gasteiger partial charge in [-0.2, -0.15) is 4.98 Å². The molecule has 0 radical (unpaired) electrons. The minimum Gasteiger partial charge on any atom is -0.493 e. The van der Waals surface area contributed by atoms with Gasteiger partial charge < -0.3 is 14.8 Å². The Balaban J connectivity index is 2.06. The molecule has 0 fully saturated rings. The monoisotopic (exact) mass is 550 g/mol. The molecule has 1 aromatic heterocycles. The largest absolute Gasteiger partial charge is 0.493 e. The van der Waals surface area contributed by atoms with Crippen LogP contribution in [0, 0.1) is 0 Å². The molecule has 0 spiro atoms. The number of hydrogen-bond acceptors (Lipinski definition) is 7. The molecule has 2 heterocycles. The number of allylic oxidation sites excluding steroid dienone is 1. The molecule has 9 heteroatoms. The SMILES string of the molecule is CCCCOC(=O)C1=C(C)Nc2nc(SCCCC)nn2C1c1cc(Br)ccc1OCCCC. The number of hydrogen-bond donors (Lipinski definition) is 1. The lowest BCUT2D eigenvalue weighted by molar-refractivity contribution is -0.139. The molecule has 1 N–H and O–H groups in total. The number of unbranched alkanes of at least 4 members (excludes halogenated alkanes) is 3. The molecular formula is C25H35BrN4O3S. The Bertz CT molecular complexity index is 1010. The fraction of sp³-hybridized carbons (Fsp3) is 0.560. The van der Waals surface area contributed by atoms with Crippen molar-refractivity contribution < 1.29 is 14.3 Å². The molecule has 1 aromatic carbocycles. The summed E-state index contributed by atoms with van der Waals surface area (Å²) in [5.74, 6) is 1.96. The second-order valence-electron chi connectivity index (χ2n) is 8.30. The molecule has 0 saturated heterocycles. The van der Waals surface area contributed by atoms with E-state index in [0.717, 1.165) is 65.8 Å². The molecule has 0 saturated carbocycles. The number of ether oxygens (including phenoxy) is 2. The summed E-state index contributed by atoms with van der Waals surface area (Å²) in [7, 11) is 0. The first-order chi connectivity index (χ1) is 16.5. The maximum Gasteiger partial charge on any atom is 0.338 e. The summed E-state index contributed by atoms with van der Waals surface area (Å²) in [5.41, 5.74) is 2.10. The Labute approximate surface area is 215 Å². The van der Waals surface area contributed by atoms with Crippen LogP contribution in [-0.4, -0.2) is 39.7 Å². The van der Waals surface area contributed by atoms with Crippen LogP contribution in [0.2, 0.25) is 0 Å². The van der Waals surface area contributed by atoms with E-state index in [-0.39, 0.29) is 5.97 Å². The molecule has 0 bridgehead atoms. The molecule has 2 aromatic rings. The minimum absolute atomic E-state index is 0.343. The Hall–Kier alpha value is -2.00. The number of benzene rings is 1. The fourth-order valence-electron chi connectivity index (χ4n) is 3.63. The van der Waals surface area contributed by atoms with Crippen molar-refractivity contribution in [2.45, 2.75) is 77.4 Å². The van der Waals surface area contributed by atoms with Crippen LogP contribution in [0.15, 0.2) is 39.1 Å². The number of nitrogens with one attached hydrogen (secondary N) is 1. The van der Waals surface area contributed by atoms with Crippen molar-refractivity contribution in [2.24, 2.45) is 0 Å². The van der Waals surface area contributed by atoms with E-state index in [9.17, 15) is 4.79 Å². The van der Waals surface area contributed by atoms with Crippen LogP contribution in [0.25, 0.3) is 0 Å². The Morgan fingerprint density at radius 1 is 1.15 bits per heavy atom. The van der Waals surface area contributed by atoms with Crippen molar-refractivity contribution >= 4 is 39.6 Å². The molecule has 34 heavy (non-hydrogen) atoms. The number of fused-ring (bicyclic) bond motifs is 1. The summed E-state index contributed by atoms with van der Waals surface area (Å²) < 4.78 is 14.5. The molecule has 3 rings (SSSR count). The van der Waals surface area contributed by atoms with Gasteiger partial charge in [-0.25, -0.2) is 9.48 Å². The number of halogens is 1. The summed E-state index contributed by atoms with van der Waals surface area (Å²) >= 11 is 5.23.